The standard InChI is InChI=1S/C18H17FN2O6/c1-26-8-7-20-16-6-5-14(21(24)25)10-15(16)18(23)27-11-17(22)12-3-2-4-13(19)9-12/h2-6,9-10,20H,7-8,11H2,1H3. The minimum atomic E-state index is -0.914. The van der Waals surface area contributed by atoms with E-state index < -0.39 is 29.1 Å². The molecule has 1 N–H and O–H groups in total. The van der Waals surface area contributed by atoms with Crippen molar-refractivity contribution in [3.8, 4) is 0 Å². The molecule has 0 atom stereocenters. The average Bonchev–Trinajstić information content (AvgIpc) is 2.66. The number of nitro benzene ring substituents is 1. The third-order valence-electron chi connectivity index (χ3n) is 3.54. The van der Waals surface area contributed by atoms with Crippen LogP contribution in [-0.4, -0.2) is 43.5 Å². The van der Waals surface area contributed by atoms with E-state index >= 15 is 0 Å². The Morgan fingerprint density at radius 2 is 2.00 bits per heavy atom. The van der Waals surface area contributed by atoms with E-state index in [9.17, 15) is 24.1 Å². The Labute approximate surface area is 154 Å². The number of esters is 1. The molecule has 0 aromatic heterocycles. The summed E-state index contributed by atoms with van der Waals surface area (Å²) in [5.74, 6) is -2.10. The van der Waals surface area contributed by atoms with E-state index in [1.165, 1.54) is 37.4 Å². The number of carbonyl (C=O) groups excluding carboxylic acids is 2. The van der Waals surface area contributed by atoms with Crippen molar-refractivity contribution in [3.05, 3.63) is 69.5 Å². The van der Waals surface area contributed by atoms with Gasteiger partial charge in [-0.2, -0.15) is 0 Å². The van der Waals surface area contributed by atoms with Crippen molar-refractivity contribution < 1.29 is 28.4 Å². The van der Waals surface area contributed by atoms with Crippen LogP contribution >= 0.6 is 0 Å². The van der Waals surface area contributed by atoms with Gasteiger partial charge in [0.15, 0.2) is 12.4 Å². The number of halogens is 1. The molecule has 142 valence electrons. The fraction of sp³-hybridized carbons (Fsp3) is 0.222. The zero-order chi connectivity index (χ0) is 19.8. The van der Waals surface area contributed by atoms with Crippen LogP contribution in [0.5, 0.6) is 0 Å². The highest BCUT2D eigenvalue weighted by Gasteiger charge is 2.19. The second-order valence-corrected chi connectivity index (χ2v) is 5.42. The van der Waals surface area contributed by atoms with Crippen LogP contribution < -0.4 is 5.32 Å². The average molecular weight is 376 g/mol. The molecule has 0 unspecified atom stereocenters. The lowest BCUT2D eigenvalue weighted by atomic mass is 10.1. The summed E-state index contributed by atoms with van der Waals surface area (Å²) >= 11 is 0. The molecule has 0 saturated carbocycles. The summed E-state index contributed by atoms with van der Waals surface area (Å²) < 4.78 is 23.0. The Morgan fingerprint density at radius 3 is 2.67 bits per heavy atom. The van der Waals surface area contributed by atoms with Crippen molar-refractivity contribution in [1.29, 1.82) is 0 Å². The summed E-state index contributed by atoms with van der Waals surface area (Å²) in [7, 11) is 1.50. The van der Waals surface area contributed by atoms with Gasteiger partial charge in [0, 0.05) is 37.0 Å². The molecule has 0 saturated heterocycles. The van der Waals surface area contributed by atoms with Gasteiger partial charge in [-0.1, -0.05) is 12.1 Å². The topological polar surface area (TPSA) is 108 Å². The van der Waals surface area contributed by atoms with Crippen LogP contribution in [-0.2, 0) is 9.47 Å². The van der Waals surface area contributed by atoms with Crippen LogP contribution in [0, 0.1) is 15.9 Å². The zero-order valence-corrected chi connectivity index (χ0v) is 14.4. The van der Waals surface area contributed by atoms with Crippen LogP contribution in [0.4, 0.5) is 15.8 Å². The Balaban J connectivity index is 2.13. The van der Waals surface area contributed by atoms with Crippen LogP contribution in [0.2, 0.25) is 0 Å². The number of nitrogens with one attached hydrogen (secondary N) is 1. The van der Waals surface area contributed by atoms with E-state index in [1.807, 2.05) is 0 Å². The smallest absolute Gasteiger partial charge is 0.340 e. The molecule has 0 spiro atoms. The first-order valence-electron chi connectivity index (χ1n) is 7.89. The molecule has 0 heterocycles. The molecule has 0 fully saturated rings. The summed E-state index contributed by atoms with van der Waals surface area (Å²) in [5, 5.41) is 13.9. The molecule has 27 heavy (non-hydrogen) atoms. The zero-order valence-electron chi connectivity index (χ0n) is 14.4. The number of non-ortho nitro benzene ring substituents is 1. The second kappa shape index (κ2) is 9.39. The number of ketones is 1. The van der Waals surface area contributed by atoms with Crippen LogP contribution in [0.15, 0.2) is 42.5 Å². The first kappa shape index (κ1) is 20.0. The Morgan fingerprint density at radius 1 is 1.22 bits per heavy atom. The molecule has 2 aromatic rings. The van der Waals surface area contributed by atoms with E-state index in [0.717, 1.165) is 12.1 Å². The summed E-state index contributed by atoms with van der Waals surface area (Å²) in [6.07, 6.45) is 0. The molecule has 0 bridgehead atoms. The maximum Gasteiger partial charge on any atom is 0.340 e. The molecular weight excluding hydrogens is 359 g/mol. The monoisotopic (exact) mass is 376 g/mol. The number of Topliss-reactive ketones (excluding diaryl/α,β-unsaturated/α-hetero) is 1. The normalized spacial score (nSPS) is 10.3. The number of ether oxygens (including phenoxy) is 2. The molecule has 2 rings (SSSR count). The summed E-state index contributed by atoms with van der Waals surface area (Å²) in [6, 6.07) is 8.64. The SMILES string of the molecule is COCCNc1ccc([N+](=O)[O-])cc1C(=O)OCC(=O)c1cccc(F)c1. The third-order valence-corrected chi connectivity index (χ3v) is 3.54. The molecule has 8 nitrogen and oxygen atoms in total. The van der Waals surface area contributed by atoms with Crippen molar-refractivity contribution in [2.45, 2.75) is 0 Å². The minimum absolute atomic E-state index is 0.0558. The van der Waals surface area contributed by atoms with Crippen molar-refractivity contribution in [3.63, 3.8) is 0 Å². The number of hydrogen-bond acceptors (Lipinski definition) is 7. The lowest BCUT2D eigenvalue weighted by molar-refractivity contribution is -0.384. The number of hydrogen-bond donors (Lipinski definition) is 1. The highest BCUT2D eigenvalue weighted by Crippen LogP contribution is 2.23. The van der Waals surface area contributed by atoms with E-state index in [2.05, 4.69) is 5.32 Å². The van der Waals surface area contributed by atoms with Gasteiger partial charge >= 0.3 is 5.97 Å². The number of carbonyl (C=O) groups is 2. The molecule has 2 aromatic carbocycles. The first-order chi connectivity index (χ1) is 12.9. The van der Waals surface area contributed by atoms with Crippen molar-refractivity contribution in [1.82, 2.24) is 0 Å². The lowest BCUT2D eigenvalue weighted by Crippen LogP contribution is -2.17. The van der Waals surface area contributed by atoms with E-state index in [-0.39, 0.29) is 16.8 Å². The summed E-state index contributed by atoms with van der Waals surface area (Å²) in [6.45, 7) is 0.0861. The largest absolute Gasteiger partial charge is 0.454 e. The van der Waals surface area contributed by atoms with Gasteiger partial charge in [0.2, 0.25) is 0 Å². The predicted molar refractivity (Wildman–Crippen MR) is 94.5 cm³/mol. The number of nitrogens with zero attached hydrogens (tertiary/aromatic N) is 1. The molecule has 0 amide bonds. The summed E-state index contributed by atoms with van der Waals surface area (Å²) in [5.41, 5.74) is -0.0239. The van der Waals surface area contributed by atoms with Crippen LogP contribution in [0.3, 0.4) is 0 Å². The summed E-state index contributed by atoms with van der Waals surface area (Å²) in [4.78, 5) is 34.7. The fourth-order valence-electron chi connectivity index (χ4n) is 2.21. The van der Waals surface area contributed by atoms with E-state index in [4.69, 9.17) is 9.47 Å². The quantitative estimate of drug-likeness (QED) is 0.236. The van der Waals surface area contributed by atoms with Gasteiger partial charge < -0.3 is 14.8 Å². The Kier molecular flexibility index (Phi) is 6.95. The van der Waals surface area contributed by atoms with Gasteiger partial charge in [0.1, 0.15) is 5.82 Å². The third kappa shape index (κ3) is 5.58. The molecule has 9 heteroatoms. The van der Waals surface area contributed by atoms with Gasteiger partial charge in [-0.15, -0.1) is 0 Å². The van der Waals surface area contributed by atoms with Crippen LogP contribution in [0.25, 0.3) is 0 Å². The molecule has 0 aliphatic heterocycles. The van der Waals surface area contributed by atoms with Crippen molar-refractivity contribution in [2.24, 2.45) is 0 Å². The maximum absolute atomic E-state index is 13.2. The highest BCUT2D eigenvalue weighted by molar-refractivity contribution is 6.01. The molecule has 0 radical (unpaired) electrons. The number of nitro groups is 1. The highest BCUT2D eigenvalue weighted by atomic mass is 19.1. The van der Waals surface area contributed by atoms with Gasteiger partial charge in [-0.3, -0.25) is 14.9 Å². The minimum Gasteiger partial charge on any atom is -0.454 e. The number of methoxy groups -OCH3 is 1. The predicted octanol–water partition coefficient (Wildman–Crippen LogP) is 2.83. The van der Waals surface area contributed by atoms with Crippen molar-refractivity contribution >= 4 is 23.1 Å². The second-order valence-electron chi connectivity index (χ2n) is 5.42. The van der Waals surface area contributed by atoms with E-state index in [1.54, 1.807) is 0 Å². The van der Waals surface area contributed by atoms with Gasteiger partial charge in [-0.05, 0) is 18.2 Å². The molecule has 0 aliphatic rings. The number of rotatable bonds is 9. The van der Waals surface area contributed by atoms with Gasteiger partial charge in [-0.25, -0.2) is 9.18 Å². The maximum atomic E-state index is 13.2. The van der Waals surface area contributed by atoms with Crippen molar-refractivity contribution in [2.75, 3.05) is 32.2 Å². The van der Waals surface area contributed by atoms with Gasteiger partial charge in [0.05, 0.1) is 17.1 Å². The fourth-order valence-corrected chi connectivity index (χ4v) is 2.21. The Bertz CT molecular complexity index is 855. The molecular formula is C18H17FN2O6. The lowest BCUT2D eigenvalue weighted by Gasteiger charge is -2.11. The first-order valence-corrected chi connectivity index (χ1v) is 7.89. The van der Waals surface area contributed by atoms with Gasteiger partial charge in [0.25, 0.3) is 5.69 Å². The number of anilines is 1. The number of benzene rings is 2. The molecule has 0 aliphatic carbocycles. The Hall–Kier alpha value is -3.33. The van der Waals surface area contributed by atoms with E-state index in [0.29, 0.717) is 18.8 Å². The van der Waals surface area contributed by atoms with Crippen LogP contribution in [0.1, 0.15) is 20.7 Å².